The zero-order valence-corrected chi connectivity index (χ0v) is 9.54. The van der Waals surface area contributed by atoms with Gasteiger partial charge in [0.1, 0.15) is 0 Å². The molecule has 0 spiro atoms. The monoisotopic (exact) mass is 222 g/mol. The van der Waals surface area contributed by atoms with E-state index in [4.69, 9.17) is 9.26 Å². The minimum Gasteiger partial charge on any atom is -0.480 e. The topological polar surface area (TPSA) is 66.0 Å². The average Bonchev–Trinajstić information content (AvgIpc) is 2.83. The Balaban J connectivity index is 1.94. The van der Waals surface area contributed by atoms with Crippen LogP contribution in [-0.4, -0.2) is 19.9 Å². The molecule has 86 valence electrons. The van der Waals surface area contributed by atoms with Crippen LogP contribution in [0.5, 0.6) is 5.75 Å². The normalized spacial score (nSPS) is 11.0. The summed E-state index contributed by atoms with van der Waals surface area (Å²) in [6.45, 7) is 6.14. The summed E-state index contributed by atoms with van der Waals surface area (Å²) in [6.07, 6.45) is 3.51. The van der Waals surface area contributed by atoms with Gasteiger partial charge in [-0.15, -0.1) is 0 Å². The molecule has 0 atom stereocenters. The quantitative estimate of drug-likeness (QED) is 0.788. The predicted molar refractivity (Wildman–Crippen MR) is 56.0 cm³/mol. The molecule has 0 N–H and O–H groups in total. The Hall–Kier alpha value is -1.85. The summed E-state index contributed by atoms with van der Waals surface area (Å²) in [5.74, 6) is 1.77. The van der Waals surface area contributed by atoms with Crippen LogP contribution in [-0.2, 0) is 6.61 Å². The molecule has 0 radical (unpaired) electrons. The van der Waals surface area contributed by atoms with Crippen LogP contribution >= 0.6 is 0 Å². The van der Waals surface area contributed by atoms with E-state index in [9.17, 15) is 0 Å². The summed E-state index contributed by atoms with van der Waals surface area (Å²) in [5, 5.41) is 7.83. The van der Waals surface area contributed by atoms with Crippen LogP contribution in [0.2, 0.25) is 0 Å². The second-order valence-corrected chi connectivity index (χ2v) is 3.77. The van der Waals surface area contributed by atoms with Gasteiger partial charge >= 0.3 is 0 Å². The van der Waals surface area contributed by atoms with E-state index in [-0.39, 0.29) is 6.61 Å². The maximum absolute atomic E-state index is 5.46. The first-order chi connectivity index (χ1) is 7.65. The van der Waals surface area contributed by atoms with Crippen molar-refractivity contribution < 1.29 is 9.26 Å². The lowest BCUT2D eigenvalue weighted by molar-refractivity contribution is 0.242. The lowest BCUT2D eigenvalue weighted by Gasteiger charge is -2.03. The Morgan fingerprint density at radius 1 is 1.50 bits per heavy atom. The van der Waals surface area contributed by atoms with Crippen molar-refractivity contribution >= 4 is 0 Å². The molecule has 0 aliphatic heterocycles. The molecule has 0 aliphatic carbocycles. The van der Waals surface area contributed by atoms with E-state index in [1.165, 1.54) is 0 Å². The third-order valence-electron chi connectivity index (χ3n) is 2.04. The van der Waals surface area contributed by atoms with Gasteiger partial charge in [0.25, 0.3) is 5.89 Å². The number of ether oxygens (including phenoxy) is 1. The summed E-state index contributed by atoms with van der Waals surface area (Å²) in [4.78, 5) is 4.04. The third-order valence-corrected chi connectivity index (χ3v) is 2.04. The SMILES string of the molecule is Cc1noc(COc2cnn(C(C)C)c2)n1. The van der Waals surface area contributed by atoms with Gasteiger partial charge in [0.15, 0.2) is 18.2 Å². The molecule has 0 saturated carbocycles. The first-order valence-corrected chi connectivity index (χ1v) is 5.11. The molecular formula is C10H14N4O2. The van der Waals surface area contributed by atoms with Gasteiger partial charge in [-0.3, -0.25) is 4.68 Å². The number of aryl methyl sites for hydroxylation is 1. The maximum atomic E-state index is 5.46. The number of rotatable bonds is 4. The number of hydrogen-bond acceptors (Lipinski definition) is 5. The highest BCUT2D eigenvalue weighted by Gasteiger charge is 2.06. The standard InChI is InChI=1S/C10H14N4O2/c1-7(2)14-5-9(4-11-14)15-6-10-12-8(3)13-16-10/h4-5,7H,6H2,1-3H3. The van der Waals surface area contributed by atoms with Crippen LogP contribution < -0.4 is 4.74 Å². The second kappa shape index (κ2) is 4.34. The Bertz CT molecular complexity index is 461. The molecule has 0 unspecified atom stereocenters. The van der Waals surface area contributed by atoms with Gasteiger partial charge in [0.05, 0.1) is 12.4 Å². The zero-order valence-electron chi connectivity index (χ0n) is 9.54. The minimum atomic E-state index is 0.268. The average molecular weight is 222 g/mol. The van der Waals surface area contributed by atoms with E-state index < -0.39 is 0 Å². The molecule has 16 heavy (non-hydrogen) atoms. The summed E-state index contributed by atoms with van der Waals surface area (Å²) in [5.41, 5.74) is 0. The van der Waals surface area contributed by atoms with Crippen molar-refractivity contribution in [1.29, 1.82) is 0 Å². The first-order valence-electron chi connectivity index (χ1n) is 5.11. The number of aromatic nitrogens is 4. The van der Waals surface area contributed by atoms with E-state index in [1.54, 1.807) is 13.1 Å². The van der Waals surface area contributed by atoms with E-state index in [1.807, 2.05) is 10.9 Å². The second-order valence-electron chi connectivity index (χ2n) is 3.77. The largest absolute Gasteiger partial charge is 0.480 e. The van der Waals surface area contributed by atoms with Gasteiger partial charge in [-0.1, -0.05) is 5.16 Å². The highest BCUT2D eigenvalue weighted by molar-refractivity contribution is 5.12. The molecule has 2 aromatic heterocycles. The fourth-order valence-electron chi connectivity index (χ4n) is 1.22. The molecule has 2 rings (SSSR count). The van der Waals surface area contributed by atoms with Crippen molar-refractivity contribution in [3.63, 3.8) is 0 Å². The van der Waals surface area contributed by atoms with Crippen molar-refractivity contribution in [1.82, 2.24) is 19.9 Å². The number of nitrogens with zero attached hydrogens (tertiary/aromatic N) is 4. The lowest BCUT2D eigenvalue weighted by Crippen LogP contribution is -2.00. The molecule has 0 bridgehead atoms. The van der Waals surface area contributed by atoms with Crippen molar-refractivity contribution in [3.05, 3.63) is 24.1 Å². The van der Waals surface area contributed by atoms with Crippen LogP contribution in [0.15, 0.2) is 16.9 Å². The van der Waals surface area contributed by atoms with Crippen LogP contribution in [0.1, 0.15) is 31.6 Å². The fraction of sp³-hybridized carbons (Fsp3) is 0.500. The fourth-order valence-corrected chi connectivity index (χ4v) is 1.22. The van der Waals surface area contributed by atoms with E-state index in [2.05, 4.69) is 29.1 Å². The molecule has 6 nitrogen and oxygen atoms in total. The lowest BCUT2D eigenvalue weighted by atomic mass is 10.4. The molecule has 0 aromatic carbocycles. The van der Waals surface area contributed by atoms with Crippen LogP contribution in [0.4, 0.5) is 0 Å². The van der Waals surface area contributed by atoms with Crippen molar-refractivity contribution in [2.45, 2.75) is 33.4 Å². The van der Waals surface area contributed by atoms with Gasteiger partial charge < -0.3 is 9.26 Å². The van der Waals surface area contributed by atoms with E-state index in [0.29, 0.717) is 23.5 Å². The number of hydrogen-bond donors (Lipinski definition) is 0. The summed E-state index contributed by atoms with van der Waals surface area (Å²) >= 11 is 0. The van der Waals surface area contributed by atoms with Crippen LogP contribution in [0, 0.1) is 6.92 Å². The van der Waals surface area contributed by atoms with Crippen molar-refractivity contribution in [3.8, 4) is 5.75 Å². The molecule has 0 aliphatic rings. The smallest absolute Gasteiger partial charge is 0.264 e. The third kappa shape index (κ3) is 2.39. The van der Waals surface area contributed by atoms with Gasteiger partial charge in [-0.05, 0) is 20.8 Å². The van der Waals surface area contributed by atoms with Gasteiger partial charge in [-0.2, -0.15) is 10.1 Å². The molecule has 6 heteroatoms. The Kier molecular flexibility index (Phi) is 2.89. The molecule has 0 amide bonds. The van der Waals surface area contributed by atoms with Crippen LogP contribution in [0.25, 0.3) is 0 Å². The highest BCUT2D eigenvalue weighted by Crippen LogP contribution is 2.13. The predicted octanol–water partition coefficient (Wildman–Crippen LogP) is 1.73. The van der Waals surface area contributed by atoms with E-state index in [0.717, 1.165) is 0 Å². The molecule has 0 fully saturated rings. The molecule has 0 saturated heterocycles. The zero-order chi connectivity index (χ0) is 11.5. The summed E-state index contributed by atoms with van der Waals surface area (Å²) in [6, 6.07) is 0.322. The molecular weight excluding hydrogens is 208 g/mol. The summed E-state index contributed by atoms with van der Waals surface area (Å²) < 4.78 is 12.2. The Morgan fingerprint density at radius 2 is 2.31 bits per heavy atom. The van der Waals surface area contributed by atoms with Crippen molar-refractivity contribution in [2.75, 3.05) is 0 Å². The summed E-state index contributed by atoms with van der Waals surface area (Å²) in [7, 11) is 0. The maximum Gasteiger partial charge on any atom is 0.264 e. The van der Waals surface area contributed by atoms with Crippen LogP contribution in [0.3, 0.4) is 0 Å². The minimum absolute atomic E-state index is 0.268. The van der Waals surface area contributed by atoms with E-state index >= 15 is 0 Å². The van der Waals surface area contributed by atoms with Gasteiger partial charge in [0, 0.05) is 6.04 Å². The Labute approximate surface area is 93.2 Å². The Morgan fingerprint density at radius 3 is 2.88 bits per heavy atom. The molecule has 2 heterocycles. The highest BCUT2D eigenvalue weighted by atomic mass is 16.5. The first kappa shape index (κ1) is 10.7. The van der Waals surface area contributed by atoms with Crippen molar-refractivity contribution in [2.24, 2.45) is 0 Å². The van der Waals surface area contributed by atoms with Gasteiger partial charge in [0.2, 0.25) is 0 Å². The molecule has 2 aromatic rings. The van der Waals surface area contributed by atoms with Gasteiger partial charge in [-0.25, -0.2) is 0 Å².